The number of nitrogens with zero attached hydrogens (tertiary/aromatic N) is 2. The topological polar surface area (TPSA) is 48.7 Å². The number of allylic oxidation sites excluding steroid dienone is 1. The van der Waals surface area contributed by atoms with Crippen LogP contribution in [0.2, 0.25) is 0 Å². The first-order valence-electron chi connectivity index (χ1n) is 9.70. The van der Waals surface area contributed by atoms with E-state index in [9.17, 15) is 5.26 Å². The second-order valence-electron chi connectivity index (χ2n) is 7.11. The lowest BCUT2D eigenvalue weighted by Crippen LogP contribution is -1.94. The van der Waals surface area contributed by atoms with Gasteiger partial charge in [0.15, 0.2) is 0 Å². The molecule has 0 aliphatic heterocycles. The molecule has 0 unspecified atom stereocenters. The molecule has 30 heavy (non-hydrogen) atoms. The number of benzene rings is 3. The zero-order valence-corrected chi connectivity index (χ0v) is 17.7. The number of nitrogens with one attached hydrogen (secondary N) is 1. The molecule has 0 spiro atoms. The molecule has 4 aromatic rings. The van der Waals surface area contributed by atoms with E-state index < -0.39 is 0 Å². The van der Waals surface area contributed by atoms with Crippen molar-refractivity contribution in [2.75, 3.05) is 5.32 Å². The number of nitriles is 1. The lowest BCUT2D eigenvalue weighted by atomic mass is 10.0. The molecule has 4 rings (SSSR count). The molecular weight excluding hydrogens is 386 g/mol. The molecule has 0 aliphatic carbocycles. The van der Waals surface area contributed by atoms with E-state index in [1.54, 1.807) is 6.20 Å². The van der Waals surface area contributed by atoms with Crippen molar-refractivity contribution >= 4 is 22.6 Å². The smallest absolute Gasteiger partial charge is 0.136 e. The van der Waals surface area contributed by atoms with Crippen LogP contribution >= 0.6 is 11.3 Å². The Labute approximate surface area is 181 Å². The monoisotopic (exact) mass is 407 g/mol. The molecule has 0 aliphatic rings. The highest BCUT2D eigenvalue weighted by Gasteiger charge is 2.10. The minimum Gasteiger partial charge on any atom is -0.360 e. The summed E-state index contributed by atoms with van der Waals surface area (Å²) in [4.78, 5) is 4.69. The molecule has 0 atom stereocenters. The Hall–Kier alpha value is -3.68. The van der Waals surface area contributed by atoms with Gasteiger partial charge in [0.25, 0.3) is 0 Å². The molecule has 0 radical (unpaired) electrons. The standard InChI is InChI=1S/C26H21N3S/c1-18-8-13-24(19(2)14-18)28-16-23(15-27)26-29-25(17-30-26)22-11-9-21(10-12-22)20-6-4-3-5-7-20/h3-14,16-17,28H,1-2H3. The molecule has 1 aromatic heterocycles. The van der Waals surface area contributed by atoms with Crippen LogP contribution in [0, 0.1) is 25.2 Å². The predicted molar refractivity (Wildman–Crippen MR) is 126 cm³/mol. The Morgan fingerprint density at radius 1 is 0.933 bits per heavy atom. The average molecular weight is 408 g/mol. The fourth-order valence-corrected chi connectivity index (χ4v) is 4.06. The van der Waals surface area contributed by atoms with Crippen LogP contribution in [-0.2, 0) is 0 Å². The van der Waals surface area contributed by atoms with Crippen LogP contribution in [0.3, 0.4) is 0 Å². The van der Waals surface area contributed by atoms with Gasteiger partial charge in [0.1, 0.15) is 16.6 Å². The fraction of sp³-hybridized carbons (Fsp3) is 0.0769. The van der Waals surface area contributed by atoms with Gasteiger partial charge in [-0.2, -0.15) is 5.26 Å². The van der Waals surface area contributed by atoms with Crippen molar-refractivity contribution in [1.82, 2.24) is 4.98 Å². The summed E-state index contributed by atoms with van der Waals surface area (Å²) in [5.74, 6) is 0. The second-order valence-corrected chi connectivity index (χ2v) is 7.97. The summed E-state index contributed by atoms with van der Waals surface area (Å²) in [6, 6.07) is 27.1. The zero-order chi connectivity index (χ0) is 20.9. The summed E-state index contributed by atoms with van der Waals surface area (Å²) in [7, 11) is 0. The summed E-state index contributed by atoms with van der Waals surface area (Å²) in [6.07, 6.45) is 1.73. The summed E-state index contributed by atoms with van der Waals surface area (Å²) in [6.45, 7) is 4.12. The van der Waals surface area contributed by atoms with E-state index in [2.05, 4.69) is 73.8 Å². The van der Waals surface area contributed by atoms with Crippen molar-refractivity contribution in [3.05, 3.63) is 101 Å². The van der Waals surface area contributed by atoms with Crippen molar-refractivity contribution in [3.63, 3.8) is 0 Å². The van der Waals surface area contributed by atoms with Crippen molar-refractivity contribution in [2.24, 2.45) is 0 Å². The van der Waals surface area contributed by atoms with Crippen molar-refractivity contribution < 1.29 is 0 Å². The highest BCUT2D eigenvalue weighted by atomic mass is 32.1. The molecular formula is C26H21N3S. The van der Waals surface area contributed by atoms with Crippen molar-refractivity contribution in [2.45, 2.75) is 13.8 Å². The summed E-state index contributed by atoms with van der Waals surface area (Å²) >= 11 is 1.48. The van der Waals surface area contributed by atoms with Gasteiger partial charge < -0.3 is 5.32 Å². The molecule has 0 amide bonds. The Morgan fingerprint density at radius 2 is 1.63 bits per heavy atom. The highest BCUT2D eigenvalue weighted by molar-refractivity contribution is 7.11. The number of anilines is 1. The van der Waals surface area contributed by atoms with E-state index in [0.717, 1.165) is 22.5 Å². The van der Waals surface area contributed by atoms with Crippen LogP contribution in [0.25, 0.3) is 28.0 Å². The van der Waals surface area contributed by atoms with E-state index in [0.29, 0.717) is 10.6 Å². The number of hydrogen-bond acceptors (Lipinski definition) is 4. The minimum absolute atomic E-state index is 0.520. The van der Waals surface area contributed by atoms with Crippen LogP contribution in [0.15, 0.2) is 84.4 Å². The van der Waals surface area contributed by atoms with Crippen LogP contribution in [0.1, 0.15) is 16.1 Å². The molecule has 1 N–H and O–H groups in total. The Balaban J connectivity index is 1.54. The first kappa shape index (κ1) is 19.6. The number of hydrogen-bond donors (Lipinski definition) is 1. The first-order valence-corrected chi connectivity index (χ1v) is 10.6. The van der Waals surface area contributed by atoms with Gasteiger partial charge in [0.2, 0.25) is 0 Å². The van der Waals surface area contributed by atoms with Gasteiger partial charge in [-0.05, 0) is 36.6 Å². The number of aryl methyl sites for hydroxylation is 2. The van der Waals surface area contributed by atoms with E-state index in [4.69, 9.17) is 4.98 Å². The van der Waals surface area contributed by atoms with Gasteiger partial charge >= 0.3 is 0 Å². The van der Waals surface area contributed by atoms with Gasteiger partial charge in [-0.1, -0.05) is 72.3 Å². The van der Waals surface area contributed by atoms with Gasteiger partial charge in [0.05, 0.1) is 5.69 Å². The average Bonchev–Trinajstić information content (AvgIpc) is 3.26. The van der Waals surface area contributed by atoms with E-state index in [1.807, 2.05) is 29.6 Å². The zero-order valence-electron chi connectivity index (χ0n) is 16.9. The summed E-state index contributed by atoms with van der Waals surface area (Å²) in [5.41, 5.74) is 8.14. The Bertz CT molecular complexity index is 1230. The number of rotatable bonds is 5. The first-order chi connectivity index (χ1) is 14.6. The molecule has 3 aromatic carbocycles. The third kappa shape index (κ3) is 4.32. The molecule has 0 saturated heterocycles. The van der Waals surface area contributed by atoms with Crippen LogP contribution in [0.4, 0.5) is 5.69 Å². The Morgan fingerprint density at radius 3 is 2.33 bits per heavy atom. The molecule has 1 heterocycles. The molecule has 0 bridgehead atoms. The molecule has 0 fully saturated rings. The predicted octanol–water partition coefficient (Wildman–Crippen LogP) is 7.07. The quantitative estimate of drug-likeness (QED) is 0.360. The van der Waals surface area contributed by atoms with Gasteiger partial charge in [-0.3, -0.25) is 0 Å². The maximum Gasteiger partial charge on any atom is 0.136 e. The lowest BCUT2D eigenvalue weighted by Gasteiger charge is -2.06. The maximum absolute atomic E-state index is 9.62. The maximum atomic E-state index is 9.62. The van der Waals surface area contributed by atoms with Crippen molar-refractivity contribution in [1.29, 1.82) is 5.26 Å². The number of thiazole rings is 1. The van der Waals surface area contributed by atoms with E-state index in [-0.39, 0.29) is 0 Å². The molecule has 146 valence electrons. The van der Waals surface area contributed by atoms with Crippen LogP contribution in [-0.4, -0.2) is 4.98 Å². The molecule has 3 nitrogen and oxygen atoms in total. The van der Waals surface area contributed by atoms with Gasteiger partial charge in [-0.25, -0.2) is 4.98 Å². The van der Waals surface area contributed by atoms with Gasteiger partial charge in [-0.15, -0.1) is 11.3 Å². The second kappa shape index (κ2) is 8.77. The third-order valence-electron chi connectivity index (χ3n) is 4.90. The van der Waals surface area contributed by atoms with E-state index >= 15 is 0 Å². The lowest BCUT2D eigenvalue weighted by molar-refractivity contribution is 1.35. The van der Waals surface area contributed by atoms with E-state index in [1.165, 1.54) is 28.0 Å². The molecule has 0 saturated carbocycles. The fourth-order valence-electron chi connectivity index (χ4n) is 3.26. The normalized spacial score (nSPS) is 11.2. The SMILES string of the molecule is Cc1ccc(NC=C(C#N)c2nc(-c3ccc(-c4ccccc4)cc3)cs2)c(C)c1. The minimum atomic E-state index is 0.520. The summed E-state index contributed by atoms with van der Waals surface area (Å²) in [5, 5.41) is 15.6. The van der Waals surface area contributed by atoms with Crippen molar-refractivity contribution in [3.8, 4) is 28.5 Å². The summed E-state index contributed by atoms with van der Waals surface area (Å²) < 4.78 is 0. The largest absolute Gasteiger partial charge is 0.360 e. The van der Waals surface area contributed by atoms with Crippen LogP contribution < -0.4 is 5.32 Å². The Kier molecular flexibility index (Phi) is 5.74. The molecule has 4 heteroatoms. The highest BCUT2D eigenvalue weighted by Crippen LogP contribution is 2.28. The number of aromatic nitrogens is 1. The van der Waals surface area contributed by atoms with Gasteiger partial charge in [0, 0.05) is 22.8 Å². The third-order valence-corrected chi connectivity index (χ3v) is 5.77. The van der Waals surface area contributed by atoms with Crippen LogP contribution in [0.5, 0.6) is 0 Å².